The zero-order chi connectivity index (χ0) is 8.43. The number of carbonyl (C=O) groups excluding carboxylic acids is 1. The summed E-state index contributed by atoms with van der Waals surface area (Å²) in [6.45, 7) is 1.60. The Morgan fingerprint density at radius 3 is 2.55 bits per heavy atom. The van der Waals surface area contributed by atoms with Crippen molar-refractivity contribution in [3.05, 3.63) is 16.3 Å². The highest BCUT2D eigenvalue weighted by molar-refractivity contribution is 7.12. The average molecular weight is 169 g/mol. The number of anilines is 1. The van der Waals surface area contributed by atoms with E-state index >= 15 is 0 Å². The van der Waals surface area contributed by atoms with Crippen molar-refractivity contribution in [1.29, 1.82) is 0 Å². The third-order valence-electron chi connectivity index (χ3n) is 1.45. The molecule has 1 aromatic heterocycles. The van der Waals surface area contributed by atoms with Crippen molar-refractivity contribution in [3.63, 3.8) is 0 Å². The molecule has 0 aliphatic carbocycles. The first-order valence-electron chi connectivity index (χ1n) is 3.38. The van der Waals surface area contributed by atoms with Crippen LogP contribution in [-0.2, 0) is 0 Å². The minimum Gasteiger partial charge on any atom is -0.376 e. The molecular formula is C8H11NOS. The van der Waals surface area contributed by atoms with Crippen LogP contribution >= 0.6 is 11.3 Å². The average Bonchev–Trinajstić information content (AvgIpc) is 2.32. The predicted molar refractivity (Wildman–Crippen MR) is 48.7 cm³/mol. The van der Waals surface area contributed by atoms with Crippen LogP contribution in [0.4, 0.5) is 5.69 Å². The van der Waals surface area contributed by atoms with Crippen LogP contribution < -0.4 is 4.90 Å². The number of hydrogen-bond acceptors (Lipinski definition) is 3. The second kappa shape index (κ2) is 3.05. The largest absolute Gasteiger partial charge is 0.376 e. The van der Waals surface area contributed by atoms with E-state index in [1.54, 1.807) is 6.92 Å². The lowest BCUT2D eigenvalue weighted by atomic mass is 10.3. The second-order valence-corrected chi connectivity index (χ2v) is 3.50. The summed E-state index contributed by atoms with van der Waals surface area (Å²) in [5, 5.41) is 1.94. The molecule has 0 unspecified atom stereocenters. The third-order valence-corrected chi connectivity index (χ3v) is 2.45. The van der Waals surface area contributed by atoms with Gasteiger partial charge in [0, 0.05) is 21.0 Å². The van der Waals surface area contributed by atoms with Crippen molar-refractivity contribution in [2.75, 3.05) is 19.0 Å². The number of carbonyl (C=O) groups is 1. The van der Waals surface area contributed by atoms with Crippen LogP contribution in [0.3, 0.4) is 0 Å². The molecule has 0 amide bonds. The van der Waals surface area contributed by atoms with Crippen molar-refractivity contribution in [2.24, 2.45) is 0 Å². The molecule has 0 saturated carbocycles. The fraction of sp³-hybridized carbons (Fsp3) is 0.375. The Morgan fingerprint density at radius 2 is 2.18 bits per heavy atom. The molecule has 0 atom stereocenters. The van der Waals surface area contributed by atoms with Crippen LogP contribution in [-0.4, -0.2) is 19.9 Å². The lowest BCUT2D eigenvalue weighted by molar-refractivity contribution is 0.102. The molecule has 60 valence electrons. The fourth-order valence-electron chi connectivity index (χ4n) is 0.918. The minimum absolute atomic E-state index is 0.142. The van der Waals surface area contributed by atoms with Gasteiger partial charge in [-0.2, -0.15) is 0 Å². The topological polar surface area (TPSA) is 20.3 Å². The van der Waals surface area contributed by atoms with Gasteiger partial charge in [0.25, 0.3) is 0 Å². The van der Waals surface area contributed by atoms with E-state index in [1.807, 2.05) is 30.4 Å². The molecule has 0 spiro atoms. The molecule has 0 radical (unpaired) electrons. The summed E-state index contributed by atoms with van der Waals surface area (Å²) in [7, 11) is 3.88. The maximum Gasteiger partial charge on any atom is 0.171 e. The quantitative estimate of drug-likeness (QED) is 0.631. The molecule has 0 fully saturated rings. The standard InChI is InChI=1S/C8H11NOS/c1-6(10)8-7(9(2)3)4-5-11-8/h4-5H,1-3H3. The normalized spacial score (nSPS) is 9.73. The van der Waals surface area contributed by atoms with E-state index in [1.165, 1.54) is 11.3 Å². The minimum atomic E-state index is 0.142. The van der Waals surface area contributed by atoms with E-state index in [4.69, 9.17) is 0 Å². The van der Waals surface area contributed by atoms with Gasteiger partial charge < -0.3 is 4.90 Å². The van der Waals surface area contributed by atoms with Crippen molar-refractivity contribution in [3.8, 4) is 0 Å². The van der Waals surface area contributed by atoms with Crippen molar-refractivity contribution >= 4 is 22.8 Å². The molecule has 0 aromatic carbocycles. The van der Waals surface area contributed by atoms with Crippen molar-refractivity contribution in [1.82, 2.24) is 0 Å². The zero-order valence-corrected chi connectivity index (χ0v) is 7.73. The first-order chi connectivity index (χ1) is 5.13. The summed E-state index contributed by atoms with van der Waals surface area (Å²) in [5.41, 5.74) is 1.02. The molecule has 0 bridgehead atoms. The van der Waals surface area contributed by atoms with Gasteiger partial charge in [0.2, 0.25) is 0 Å². The molecule has 1 rings (SSSR count). The summed E-state index contributed by atoms with van der Waals surface area (Å²) in [5.74, 6) is 0.142. The van der Waals surface area contributed by atoms with Crippen molar-refractivity contribution < 1.29 is 4.79 Å². The summed E-state index contributed by atoms with van der Waals surface area (Å²) >= 11 is 1.49. The van der Waals surface area contributed by atoms with E-state index in [9.17, 15) is 4.79 Å². The highest BCUT2D eigenvalue weighted by Crippen LogP contribution is 2.24. The van der Waals surface area contributed by atoms with E-state index in [0.717, 1.165) is 10.6 Å². The highest BCUT2D eigenvalue weighted by atomic mass is 32.1. The van der Waals surface area contributed by atoms with Gasteiger partial charge in [-0.1, -0.05) is 0 Å². The summed E-state index contributed by atoms with van der Waals surface area (Å²) in [6, 6.07) is 1.96. The van der Waals surface area contributed by atoms with E-state index in [-0.39, 0.29) is 5.78 Å². The predicted octanol–water partition coefficient (Wildman–Crippen LogP) is 2.02. The first kappa shape index (κ1) is 8.27. The number of hydrogen-bond donors (Lipinski definition) is 0. The SMILES string of the molecule is CC(=O)c1sccc1N(C)C. The van der Waals surface area contributed by atoms with E-state index in [0.29, 0.717) is 0 Å². The molecule has 0 N–H and O–H groups in total. The maximum atomic E-state index is 11.0. The summed E-state index contributed by atoms with van der Waals surface area (Å²) in [6.07, 6.45) is 0. The molecule has 1 heterocycles. The number of thiophene rings is 1. The lowest BCUT2D eigenvalue weighted by Gasteiger charge is -2.10. The van der Waals surface area contributed by atoms with Gasteiger partial charge in [-0.05, 0) is 11.4 Å². The Kier molecular flexibility index (Phi) is 2.29. The first-order valence-corrected chi connectivity index (χ1v) is 4.26. The Bertz CT molecular complexity index is 265. The maximum absolute atomic E-state index is 11.0. The van der Waals surface area contributed by atoms with Gasteiger partial charge in [0.1, 0.15) is 0 Å². The molecule has 1 aromatic rings. The molecule has 0 aliphatic heterocycles. The van der Waals surface area contributed by atoms with Gasteiger partial charge in [-0.15, -0.1) is 11.3 Å². The van der Waals surface area contributed by atoms with Crippen molar-refractivity contribution in [2.45, 2.75) is 6.92 Å². The molecule has 3 heteroatoms. The zero-order valence-electron chi connectivity index (χ0n) is 6.92. The van der Waals surface area contributed by atoms with Crippen LogP contribution in [0, 0.1) is 0 Å². The highest BCUT2D eigenvalue weighted by Gasteiger charge is 2.09. The number of rotatable bonds is 2. The van der Waals surface area contributed by atoms with Gasteiger partial charge in [-0.3, -0.25) is 4.79 Å². The van der Waals surface area contributed by atoms with Crippen LogP contribution in [0.1, 0.15) is 16.6 Å². The lowest BCUT2D eigenvalue weighted by Crippen LogP contribution is -2.10. The van der Waals surface area contributed by atoms with Gasteiger partial charge in [0.05, 0.1) is 10.6 Å². The molecule has 0 aliphatic rings. The summed E-state index contributed by atoms with van der Waals surface area (Å²) < 4.78 is 0. The Morgan fingerprint density at radius 1 is 1.55 bits per heavy atom. The summed E-state index contributed by atoms with van der Waals surface area (Å²) in [4.78, 5) is 13.8. The van der Waals surface area contributed by atoms with Crippen LogP contribution in [0.5, 0.6) is 0 Å². The van der Waals surface area contributed by atoms with Gasteiger partial charge in [0.15, 0.2) is 5.78 Å². The van der Waals surface area contributed by atoms with E-state index < -0.39 is 0 Å². The fourth-order valence-corrected chi connectivity index (χ4v) is 1.79. The monoisotopic (exact) mass is 169 g/mol. The second-order valence-electron chi connectivity index (χ2n) is 2.59. The molecular weight excluding hydrogens is 158 g/mol. The number of ketones is 1. The van der Waals surface area contributed by atoms with Crippen LogP contribution in [0.15, 0.2) is 11.4 Å². The van der Waals surface area contributed by atoms with Crippen LogP contribution in [0.25, 0.3) is 0 Å². The van der Waals surface area contributed by atoms with E-state index in [2.05, 4.69) is 0 Å². The van der Waals surface area contributed by atoms with Gasteiger partial charge in [-0.25, -0.2) is 0 Å². The molecule has 0 saturated heterocycles. The molecule has 11 heavy (non-hydrogen) atoms. The third kappa shape index (κ3) is 1.60. The Labute approximate surface area is 70.5 Å². The Hall–Kier alpha value is -0.830. The molecule has 2 nitrogen and oxygen atoms in total. The van der Waals surface area contributed by atoms with Crippen LogP contribution in [0.2, 0.25) is 0 Å². The van der Waals surface area contributed by atoms with Gasteiger partial charge >= 0.3 is 0 Å². The number of nitrogens with zero attached hydrogens (tertiary/aromatic N) is 1. The Balaban J connectivity index is 3.06. The number of Topliss-reactive ketones (excluding diaryl/α,β-unsaturated/α-hetero) is 1. The smallest absolute Gasteiger partial charge is 0.171 e.